The van der Waals surface area contributed by atoms with E-state index in [1.54, 1.807) is 0 Å². The molecule has 59 heavy (non-hydrogen) atoms. The maximum atomic E-state index is 12.8. The Labute approximate surface area is 354 Å². The van der Waals surface area contributed by atoms with E-state index in [1.165, 1.54) is 77.0 Å². The first-order valence-corrected chi connectivity index (χ1v) is 23.9. The number of aliphatic hydroxyl groups excluding tert-OH is 5. The molecule has 1 rings (SSSR count). The predicted octanol–water partition coefficient (Wildman–Crippen LogP) is 8.39. The topological polar surface area (TPSA) is 210 Å². The molecule has 0 aromatic heterocycles. The molecule has 0 saturated heterocycles. The molecule has 14 heteroatoms. The standard InChI is InChI=1S/C45H79O13P/c1-3-5-7-9-11-13-15-17-18-19-20-22-24-26-28-30-32-34-39(47)57-37(36-56-59(53,54)58-45-43(51)41(49)40(48)42(50)44(45)52)35-55-38(46)33-31-29-27-25-23-21-16-14-12-10-8-6-4-2/h17-18,20-23,26,28,37,40-45,48-52H,3-16,19,24-25,27,29-36H2,1-2H3,(H,53,54)/b18-17+,22-20+,23-21+,28-26+/t37-,40?,41+,42?,43?,44?,45?/m1/s1. The third kappa shape index (κ3) is 28.1. The molecule has 0 amide bonds. The molecule has 6 unspecified atom stereocenters. The average Bonchev–Trinajstić information content (AvgIpc) is 3.21. The maximum Gasteiger partial charge on any atom is 0.472 e. The lowest BCUT2D eigenvalue weighted by atomic mass is 9.85. The first kappa shape index (κ1) is 54.8. The molecule has 342 valence electrons. The minimum atomic E-state index is -5.13. The van der Waals surface area contributed by atoms with Gasteiger partial charge in [-0.25, -0.2) is 4.57 Å². The number of carbonyl (C=O) groups is 2. The molecule has 0 radical (unpaired) electrons. The summed E-state index contributed by atoms with van der Waals surface area (Å²) in [5.74, 6) is -1.18. The number of phosphoric ester groups is 1. The van der Waals surface area contributed by atoms with E-state index in [-0.39, 0.29) is 12.8 Å². The van der Waals surface area contributed by atoms with E-state index in [9.17, 15) is 44.6 Å². The highest BCUT2D eigenvalue weighted by Crippen LogP contribution is 2.47. The third-order valence-corrected chi connectivity index (χ3v) is 11.1. The molecule has 1 saturated carbocycles. The molecular formula is C45H79O13P. The van der Waals surface area contributed by atoms with Crippen molar-refractivity contribution < 1.29 is 63.1 Å². The second kappa shape index (κ2) is 35.4. The number of unbranched alkanes of at least 4 members (excludes halogenated alkanes) is 16. The SMILES string of the molecule is CCCCCCCC/C=C/C/C=C/C/C=C/CCCC(=O)O[C@H](COC(=O)CCCCC/C=C/CCCCCCCC)COP(=O)(O)OC1C(O)C(O)C(O)[C@H](O)C1O. The van der Waals surface area contributed by atoms with E-state index in [0.29, 0.717) is 19.3 Å². The molecule has 0 aromatic rings. The quantitative estimate of drug-likeness (QED) is 0.0152. The van der Waals surface area contributed by atoms with Crippen LogP contribution in [0.15, 0.2) is 48.6 Å². The highest BCUT2D eigenvalue weighted by atomic mass is 31.2. The van der Waals surface area contributed by atoms with Crippen molar-refractivity contribution in [2.24, 2.45) is 0 Å². The molecule has 0 aliphatic heterocycles. The summed E-state index contributed by atoms with van der Waals surface area (Å²) in [6, 6.07) is 0. The van der Waals surface area contributed by atoms with Gasteiger partial charge in [-0.05, 0) is 70.6 Å². The molecule has 0 bridgehead atoms. The van der Waals surface area contributed by atoms with Crippen LogP contribution >= 0.6 is 7.82 Å². The van der Waals surface area contributed by atoms with Crippen molar-refractivity contribution in [1.82, 2.24) is 0 Å². The normalized spacial score (nSPS) is 22.8. The number of allylic oxidation sites excluding steroid dienone is 8. The van der Waals surface area contributed by atoms with Crippen molar-refractivity contribution in [2.45, 2.75) is 211 Å². The molecule has 0 spiro atoms. The van der Waals surface area contributed by atoms with Crippen molar-refractivity contribution in [3.8, 4) is 0 Å². The Bertz CT molecular complexity index is 1220. The largest absolute Gasteiger partial charge is 0.472 e. The van der Waals surface area contributed by atoms with Gasteiger partial charge >= 0.3 is 19.8 Å². The van der Waals surface area contributed by atoms with Gasteiger partial charge in [0.2, 0.25) is 0 Å². The first-order chi connectivity index (χ1) is 28.4. The summed E-state index contributed by atoms with van der Waals surface area (Å²) in [6.07, 6.45) is 27.5. The smallest absolute Gasteiger partial charge is 0.462 e. The van der Waals surface area contributed by atoms with Gasteiger partial charge in [0.05, 0.1) is 6.61 Å². The molecule has 1 fully saturated rings. The number of hydrogen-bond acceptors (Lipinski definition) is 12. The van der Waals surface area contributed by atoms with Crippen LogP contribution in [0, 0.1) is 0 Å². The lowest BCUT2D eigenvalue weighted by molar-refractivity contribution is -0.220. The Hall–Kier alpha value is -2.19. The molecular weight excluding hydrogens is 779 g/mol. The Balaban J connectivity index is 2.53. The number of rotatable bonds is 36. The molecule has 8 atom stereocenters. The Morgan fingerprint density at radius 2 is 0.932 bits per heavy atom. The van der Waals surface area contributed by atoms with E-state index in [0.717, 1.165) is 44.9 Å². The van der Waals surface area contributed by atoms with Crippen LogP contribution in [0.25, 0.3) is 0 Å². The Morgan fingerprint density at radius 3 is 1.46 bits per heavy atom. The van der Waals surface area contributed by atoms with Crippen molar-refractivity contribution in [3.63, 3.8) is 0 Å². The minimum Gasteiger partial charge on any atom is -0.462 e. The number of ether oxygens (including phenoxy) is 2. The summed E-state index contributed by atoms with van der Waals surface area (Å²) in [4.78, 5) is 35.6. The average molecular weight is 859 g/mol. The van der Waals surface area contributed by atoms with Crippen LogP contribution in [0.5, 0.6) is 0 Å². The van der Waals surface area contributed by atoms with Gasteiger partial charge in [0.1, 0.15) is 43.2 Å². The van der Waals surface area contributed by atoms with E-state index < -0.39 is 75.7 Å². The minimum absolute atomic E-state index is 0.0211. The fraction of sp³-hybridized carbons (Fsp3) is 0.778. The monoisotopic (exact) mass is 859 g/mol. The van der Waals surface area contributed by atoms with Gasteiger partial charge in [-0.15, -0.1) is 0 Å². The first-order valence-electron chi connectivity index (χ1n) is 22.4. The molecule has 0 heterocycles. The number of aliphatic hydroxyl groups is 5. The molecule has 1 aliphatic carbocycles. The predicted molar refractivity (Wildman–Crippen MR) is 230 cm³/mol. The Kier molecular flexibility index (Phi) is 32.9. The lowest BCUT2D eigenvalue weighted by Gasteiger charge is -2.41. The van der Waals surface area contributed by atoms with Crippen molar-refractivity contribution >= 4 is 19.8 Å². The van der Waals surface area contributed by atoms with Crippen LogP contribution in [-0.4, -0.2) is 98.3 Å². The van der Waals surface area contributed by atoms with Crippen molar-refractivity contribution in [3.05, 3.63) is 48.6 Å². The van der Waals surface area contributed by atoms with Gasteiger partial charge in [-0.1, -0.05) is 133 Å². The fourth-order valence-electron chi connectivity index (χ4n) is 6.47. The zero-order chi connectivity index (χ0) is 43.6. The summed E-state index contributed by atoms with van der Waals surface area (Å²) < 4.78 is 33.4. The van der Waals surface area contributed by atoms with Gasteiger partial charge in [0.15, 0.2) is 6.10 Å². The number of esters is 2. The number of phosphoric acid groups is 1. The van der Waals surface area contributed by atoms with E-state index >= 15 is 0 Å². The summed E-state index contributed by atoms with van der Waals surface area (Å²) in [5, 5.41) is 50.1. The summed E-state index contributed by atoms with van der Waals surface area (Å²) in [5.41, 5.74) is 0. The van der Waals surface area contributed by atoms with Gasteiger partial charge < -0.3 is 39.9 Å². The summed E-state index contributed by atoms with van der Waals surface area (Å²) >= 11 is 0. The highest BCUT2D eigenvalue weighted by Gasteiger charge is 2.51. The molecule has 1 aliphatic rings. The highest BCUT2D eigenvalue weighted by molar-refractivity contribution is 7.47. The Morgan fingerprint density at radius 1 is 0.525 bits per heavy atom. The molecule has 13 nitrogen and oxygen atoms in total. The zero-order valence-electron chi connectivity index (χ0n) is 36.0. The van der Waals surface area contributed by atoms with Crippen molar-refractivity contribution in [1.29, 1.82) is 0 Å². The zero-order valence-corrected chi connectivity index (χ0v) is 36.9. The van der Waals surface area contributed by atoms with Crippen molar-refractivity contribution in [2.75, 3.05) is 13.2 Å². The number of carbonyl (C=O) groups excluding carboxylic acids is 2. The summed E-state index contributed by atoms with van der Waals surface area (Å²) in [6.45, 7) is 3.21. The van der Waals surface area contributed by atoms with Crippen LogP contribution in [0.4, 0.5) is 0 Å². The van der Waals surface area contributed by atoms with Gasteiger partial charge in [-0.2, -0.15) is 0 Å². The molecule has 0 aromatic carbocycles. The lowest BCUT2D eigenvalue weighted by Crippen LogP contribution is -2.64. The van der Waals surface area contributed by atoms with Crippen LogP contribution in [0.1, 0.15) is 168 Å². The van der Waals surface area contributed by atoms with E-state index in [4.69, 9.17) is 18.5 Å². The van der Waals surface area contributed by atoms with E-state index in [1.807, 2.05) is 12.2 Å². The van der Waals surface area contributed by atoms with Gasteiger partial charge in [0.25, 0.3) is 0 Å². The molecule has 6 N–H and O–H groups in total. The second-order valence-corrected chi connectivity index (χ2v) is 16.9. The maximum absolute atomic E-state index is 12.8. The van der Waals surface area contributed by atoms with E-state index in [2.05, 4.69) is 50.3 Å². The third-order valence-electron chi connectivity index (χ3n) is 10.1. The van der Waals surface area contributed by atoms with Gasteiger partial charge in [-0.3, -0.25) is 18.6 Å². The van der Waals surface area contributed by atoms with Crippen LogP contribution in [0.3, 0.4) is 0 Å². The fourth-order valence-corrected chi connectivity index (χ4v) is 7.45. The number of hydrogen-bond donors (Lipinski definition) is 6. The van der Waals surface area contributed by atoms with Crippen LogP contribution < -0.4 is 0 Å². The van der Waals surface area contributed by atoms with Crippen LogP contribution in [-0.2, 0) is 32.7 Å². The van der Waals surface area contributed by atoms with Crippen LogP contribution in [0.2, 0.25) is 0 Å². The summed E-state index contributed by atoms with van der Waals surface area (Å²) in [7, 11) is -5.13. The second-order valence-electron chi connectivity index (χ2n) is 15.5. The van der Waals surface area contributed by atoms with Gasteiger partial charge in [0, 0.05) is 12.8 Å².